The smallest absolute Gasteiger partial charge is 0.193 e. The number of nitrogens with one attached hydrogen (secondary N) is 1. The number of hydrogen-bond acceptors (Lipinski definition) is 4. The van der Waals surface area contributed by atoms with E-state index in [1.165, 1.54) is 12.2 Å². The molecule has 1 unspecified atom stereocenters. The highest BCUT2D eigenvalue weighted by Crippen LogP contribution is 2.33. The summed E-state index contributed by atoms with van der Waals surface area (Å²) in [7, 11) is 1.90. The largest absolute Gasteiger partial charge is 0.381 e. The number of nitrogens with zero attached hydrogens (tertiary/aromatic N) is 2. The maximum atomic E-state index is 5.52. The molecule has 4 nitrogen and oxygen atoms in total. The Morgan fingerprint density at radius 2 is 2.18 bits per heavy atom. The van der Waals surface area contributed by atoms with Crippen LogP contribution >= 0.6 is 47.5 Å². The normalized spacial score (nSPS) is 25.5. The average Bonchev–Trinajstić information content (AvgIpc) is 2.56. The van der Waals surface area contributed by atoms with Crippen LogP contribution in [0.25, 0.3) is 0 Å². The van der Waals surface area contributed by atoms with Gasteiger partial charge in [0.2, 0.25) is 0 Å². The number of hydrogen-bond donors (Lipinski definition) is 1. The molecule has 2 aliphatic heterocycles. The molecule has 130 valence electrons. The minimum atomic E-state index is 0. The minimum absolute atomic E-state index is 0. The van der Waals surface area contributed by atoms with Gasteiger partial charge in [0.05, 0.1) is 0 Å². The predicted octanol–water partition coefficient (Wildman–Crippen LogP) is 2.92. The minimum Gasteiger partial charge on any atom is -0.381 e. The summed E-state index contributed by atoms with van der Waals surface area (Å²) in [6.45, 7) is 7.28. The second-order valence-corrected chi connectivity index (χ2v) is 8.43. The Hall–Kier alpha value is 0.660. The first kappa shape index (κ1) is 20.7. The molecule has 2 heterocycles. The van der Waals surface area contributed by atoms with Crippen molar-refractivity contribution in [2.75, 3.05) is 51.9 Å². The second-order valence-electron chi connectivity index (χ2n) is 5.75. The molecule has 2 rings (SSSR count). The highest BCUT2D eigenvalue weighted by atomic mass is 127. The van der Waals surface area contributed by atoms with Crippen LogP contribution in [0.1, 0.15) is 26.2 Å². The molecule has 0 radical (unpaired) electrons. The summed E-state index contributed by atoms with van der Waals surface area (Å²) in [4.78, 5) is 6.94. The molecule has 2 saturated heterocycles. The highest BCUT2D eigenvalue weighted by Gasteiger charge is 2.32. The Morgan fingerprint density at radius 1 is 1.45 bits per heavy atom. The van der Waals surface area contributed by atoms with Crippen molar-refractivity contribution >= 4 is 53.5 Å². The van der Waals surface area contributed by atoms with Crippen molar-refractivity contribution in [2.24, 2.45) is 4.99 Å². The van der Waals surface area contributed by atoms with Crippen molar-refractivity contribution in [3.63, 3.8) is 0 Å². The molecule has 0 spiro atoms. The molecular weight excluding hydrogens is 429 g/mol. The van der Waals surface area contributed by atoms with E-state index in [0.717, 1.165) is 56.9 Å². The zero-order chi connectivity index (χ0) is 15.1. The summed E-state index contributed by atoms with van der Waals surface area (Å²) in [5, 5.41) is 4.38. The maximum Gasteiger partial charge on any atom is 0.193 e. The van der Waals surface area contributed by atoms with Crippen LogP contribution < -0.4 is 5.32 Å². The molecule has 1 atom stereocenters. The number of guanidine groups is 1. The third kappa shape index (κ3) is 5.63. The quantitative estimate of drug-likeness (QED) is 0.398. The first-order valence-electron chi connectivity index (χ1n) is 7.93. The molecule has 7 heteroatoms. The van der Waals surface area contributed by atoms with Crippen molar-refractivity contribution < 1.29 is 4.74 Å². The van der Waals surface area contributed by atoms with Gasteiger partial charge in [-0.3, -0.25) is 4.99 Å². The summed E-state index contributed by atoms with van der Waals surface area (Å²) in [5.41, 5.74) is 0. The van der Waals surface area contributed by atoms with Crippen molar-refractivity contribution in [1.82, 2.24) is 10.2 Å². The third-order valence-corrected chi connectivity index (χ3v) is 7.30. The lowest BCUT2D eigenvalue weighted by Crippen LogP contribution is -2.52. The van der Waals surface area contributed by atoms with Gasteiger partial charge in [-0.1, -0.05) is 6.92 Å². The Bertz CT molecular complexity index is 352. The molecule has 2 fully saturated rings. The molecule has 0 saturated carbocycles. The SMILES string of the molecule is CCC1CN(C(=NC)NCC2(SC)CCOCC2)CCS1.I. The summed E-state index contributed by atoms with van der Waals surface area (Å²) >= 11 is 4.08. The lowest BCUT2D eigenvalue weighted by molar-refractivity contribution is 0.0781. The number of ether oxygens (including phenoxy) is 1. The number of aliphatic imine (C=N–C) groups is 1. The van der Waals surface area contributed by atoms with Gasteiger partial charge in [-0.2, -0.15) is 23.5 Å². The van der Waals surface area contributed by atoms with Gasteiger partial charge in [-0.15, -0.1) is 24.0 Å². The van der Waals surface area contributed by atoms with E-state index in [1.807, 2.05) is 18.8 Å². The summed E-state index contributed by atoms with van der Waals surface area (Å²) < 4.78 is 5.83. The van der Waals surface area contributed by atoms with E-state index in [4.69, 9.17) is 4.74 Å². The number of thioether (sulfide) groups is 2. The number of halogens is 1. The molecule has 2 aliphatic rings. The van der Waals surface area contributed by atoms with Gasteiger partial charge in [-0.05, 0) is 25.5 Å². The van der Waals surface area contributed by atoms with Crippen LogP contribution in [0.4, 0.5) is 0 Å². The van der Waals surface area contributed by atoms with Gasteiger partial charge >= 0.3 is 0 Å². The van der Waals surface area contributed by atoms with E-state index in [1.54, 1.807) is 0 Å². The van der Waals surface area contributed by atoms with Crippen molar-refractivity contribution in [1.29, 1.82) is 0 Å². The Labute approximate surface area is 161 Å². The molecule has 0 amide bonds. The molecular formula is C15H30IN3OS2. The van der Waals surface area contributed by atoms with Crippen LogP contribution in [0.15, 0.2) is 4.99 Å². The van der Waals surface area contributed by atoms with E-state index < -0.39 is 0 Å². The van der Waals surface area contributed by atoms with Crippen LogP contribution in [0, 0.1) is 0 Å². The fraction of sp³-hybridized carbons (Fsp3) is 0.933. The Balaban J connectivity index is 0.00000242. The fourth-order valence-corrected chi connectivity index (χ4v) is 4.90. The topological polar surface area (TPSA) is 36.9 Å². The van der Waals surface area contributed by atoms with Crippen molar-refractivity contribution in [2.45, 2.75) is 36.2 Å². The average molecular weight is 459 g/mol. The van der Waals surface area contributed by atoms with E-state index in [-0.39, 0.29) is 24.0 Å². The molecule has 0 aromatic rings. The molecule has 1 N–H and O–H groups in total. The fourth-order valence-electron chi connectivity index (χ4n) is 2.93. The zero-order valence-corrected chi connectivity index (χ0v) is 17.9. The molecule has 0 aliphatic carbocycles. The first-order chi connectivity index (χ1) is 10.2. The second kappa shape index (κ2) is 10.5. The standard InChI is InChI=1S/C15H29N3OS2.HI/c1-4-13-11-18(7-10-21-13)14(16-2)17-12-15(20-3)5-8-19-9-6-15;/h13H,4-12H2,1-3H3,(H,16,17);1H. The highest BCUT2D eigenvalue weighted by molar-refractivity contribution is 14.0. The predicted molar refractivity (Wildman–Crippen MR) is 111 cm³/mol. The molecule has 0 aromatic heterocycles. The van der Waals surface area contributed by atoms with Crippen molar-refractivity contribution in [3.8, 4) is 0 Å². The Kier molecular flexibility index (Phi) is 9.89. The van der Waals surface area contributed by atoms with E-state index in [2.05, 4.69) is 40.2 Å². The van der Waals surface area contributed by atoms with Crippen LogP contribution in [0.3, 0.4) is 0 Å². The zero-order valence-electron chi connectivity index (χ0n) is 14.0. The van der Waals surface area contributed by atoms with Gasteiger partial charge in [0.1, 0.15) is 0 Å². The first-order valence-corrected chi connectivity index (χ1v) is 10.2. The van der Waals surface area contributed by atoms with Gasteiger partial charge in [0.25, 0.3) is 0 Å². The monoisotopic (exact) mass is 459 g/mol. The van der Waals surface area contributed by atoms with E-state index in [0.29, 0.717) is 4.75 Å². The van der Waals surface area contributed by atoms with Gasteiger partial charge in [0, 0.05) is 55.6 Å². The van der Waals surface area contributed by atoms with Crippen LogP contribution in [-0.2, 0) is 4.74 Å². The van der Waals surface area contributed by atoms with Gasteiger partial charge < -0.3 is 15.0 Å². The third-order valence-electron chi connectivity index (χ3n) is 4.51. The summed E-state index contributed by atoms with van der Waals surface area (Å²) in [5.74, 6) is 2.29. The number of rotatable bonds is 4. The van der Waals surface area contributed by atoms with Crippen LogP contribution in [0.5, 0.6) is 0 Å². The van der Waals surface area contributed by atoms with Crippen LogP contribution in [-0.4, -0.2) is 72.8 Å². The lowest BCUT2D eigenvalue weighted by atomic mass is 9.99. The van der Waals surface area contributed by atoms with Crippen molar-refractivity contribution in [3.05, 3.63) is 0 Å². The van der Waals surface area contributed by atoms with Gasteiger partial charge in [-0.25, -0.2) is 0 Å². The lowest BCUT2D eigenvalue weighted by Gasteiger charge is -2.39. The van der Waals surface area contributed by atoms with E-state index in [9.17, 15) is 0 Å². The Morgan fingerprint density at radius 3 is 2.77 bits per heavy atom. The molecule has 22 heavy (non-hydrogen) atoms. The maximum absolute atomic E-state index is 5.52. The molecule has 0 bridgehead atoms. The summed E-state index contributed by atoms with van der Waals surface area (Å²) in [6, 6.07) is 0. The van der Waals surface area contributed by atoms with Gasteiger partial charge in [0.15, 0.2) is 5.96 Å². The van der Waals surface area contributed by atoms with Crippen LogP contribution in [0.2, 0.25) is 0 Å². The summed E-state index contributed by atoms with van der Waals surface area (Å²) in [6.07, 6.45) is 5.72. The molecule has 0 aromatic carbocycles. The van der Waals surface area contributed by atoms with E-state index >= 15 is 0 Å².